The van der Waals surface area contributed by atoms with Crippen LogP contribution in [0.1, 0.15) is 20.8 Å². The Morgan fingerprint density at radius 2 is 1.41 bits per heavy atom. The SMILES string of the molecule is Cc1cccc(C)c1NC(=O)CNC(=O)c1sc(-c2ccccc2)nc1-c1ccccc1. The summed E-state index contributed by atoms with van der Waals surface area (Å²) in [6.07, 6.45) is 0. The van der Waals surface area contributed by atoms with E-state index < -0.39 is 0 Å². The molecule has 0 saturated carbocycles. The third-order valence-electron chi connectivity index (χ3n) is 5.06. The number of carbonyl (C=O) groups excluding carboxylic acids is 2. The highest BCUT2D eigenvalue weighted by Crippen LogP contribution is 2.33. The maximum absolute atomic E-state index is 13.1. The molecule has 4 rings (SSSR count). The predicted molar refractivity (Wildman–Crippen MR) is 130 cm³/mol. The van der Waals surface area contributed by atoms with Crippen LogP contribution in [0.15, 0.2) is 78.9 Å². The van der Waals surface area contributed by atoms with Gasteiger partial charge in [-0.15, -0.1) is 11.3 Å². The number of rotatable bonds is 6. The molecule has 6 heteroatoms. The molecule has 0 unspecified atom stereocenters. The van der Waals surface area contributed by atoms with E-state index in [0.717, 1.165) is 32.9 Å². The van der Waals surface area contributed by atoms with Crippen LogP contribution in [0.4, 0.5) is 5.69 Å². The summed E-state index contributed by atoms with van der Waals surface area (Å²) in [5, 5.41) is 6.41. The molecule has 0 spiro atoms. The van der Waals surface area contributed by atoms with Crippen LogP contribution >= 0.6 is 11.3 Å². The molecule has 160 valence electrons. The van der Waals surface area contributed by atoms with Crippen molar-refractivity contribution in [2.45, 2.75) is 13.8 Å². The van der Waals surface area contributed by atoms with E-state index in [1.54, 1.807) is 0 Å². The van der Waals surface area contributed by atoms with Gasteiger partial charge in [-0.1, -0.05) is 78.9 Å². The fraction of sp³-hybridized carbons (Fsp3) is 0.115. The third kappa shape index (κ3) is 4.76. The van der Waals surface area contributed by atoms with Crippen LogP contribution in [0.5, 0.6) is 0 Å². The summed E-state index contributed by atoms with van der Waals surface area (Å²) in [7, 11) is 0. The van der Waals surface area contributed by atoms with E-state index in [1.165, 1.54) is 11.3 Å². The molecular weight excluding hydrogens is 418 g/mol. The van der Waals surface area contributed by atoms with E-state index in [-0.39, 0.29) is 18.4 Å². The fourth-order valence-electron chi connectivity index (χ4n) is 3.41. The first kappa shape index (κ1) is 21.5. The number of nitrogens with zero attached hydrogens (tertiary/aromatic N) is 1. The largest absolute Gasteiger partial charge is 0.342 e. The van der Waals surface area contributed by atoms with Crippen LogP contribution in [-0.4, -0.2) is 23.3 Å². The Morgan fingerprint density at radius 1 is 0.812 bits per heavy atom. The Balaban J connectivity index is 1.55. The van der Waals surface area contributed by atoms with Crippen molar-refractivity contribution in [1.29, 1.82) is 0 Å². The summed E-state index contributed by atoms with van der Waals surface area (Å²) >= 11 is 1.32. The molecule has 0 radical (unpaired) electrons. The number of hydrogen-bond acceptors (Lipinski definition) is 4. The van der Waals surface area contributed by atoms with Crippen LogP contribution in [0, 0.1) is 13.8 Å². The molecule has 4 aromatic rings. The number of benzene rings is 3. The molecule has 0 saturated heterocycles. The summed E-state index contributed by atoms with van der Waals surface area (Å²) in [6.45, 7) is 3.75. The van der Waals surface area contributed by atoms with E-state index in [1.807, 2.05) is 92.7 Å². The topological polar surface area (TPSA) is 71.1 Å². The van der Waals surface area contributed by atoms with Crippen molar-refractivity contribution in [3.63, 3.8) is 0 Å². The van der Waals surface area contributed by atoms with E-state index in [0.29, 0.717) is 10.6 Å². The highest BCUT2D eigenvalue weighted by molar-refractivity contribution is 7.17. The van der Waals surface area contributed by atoms with Gasteiger partial charge in [0.15, 0.2) is 0 Å². The Morgan fingerprint density at radius 3 is 2.03 bits per heavy atom. The zero-order chi connectivity index (χ0) is 22.5. The number of anilines is 1. The Bertz CT molecular complexity index is 1230. The minimum Gasteiger partial charge on any atom is -0.342 e. The number of amides is 2. The molecule has 1 heterocycles. The quantitative estimate of drug-likeness (QED) is 0.417. The number of nitrogens with one attached hydrogen (secondary N) is 2. The van der Waals surface area contributed by atoms with Crippen molar-refractivity contribution < 1.29 is 9.59 Å². The number of aryl methyl sites for hydroxylation is 2. The Kier molecular flexibility index (Phi) is 6.42. The van der Waals surface area contributed by atoms with E-state index in [2.05, 4.69) is 10.6 Å². The average Bonchev–Trinajstić information content (AvgIpc) is 3.27. The lowest BCUT2D eigenvalue weighted by molar-refractivity contribution is -0.115. The minimum absolute atomic E-state index is 0.126. The van der Waals surface area contributed by atoms with Gasteiger partial charge in [0, 0.05) is 16.8 Å². The van der Waals surface area contributed by atoms with Gasteiger partial charge in [0.1, 0.15) is 9.88 Å². The smallest absolute Gasteiger partial charge is 0.264 e. The normalized spacial score (nSPS) is 10.6. The van der Waals surface area contributed by atoms with Gasteiger partial charge in [0.2, 0.25) is 5.91 Å². The number of thiazole rings is 1. The second kappa shape index (κ2) is 9.58. The number of para-hydroxylation sites is 1. The van der Waals surface area contributed by atoms with Gasteiger partial charge in [-0.3, -0.25) is 9.59 Å². The number of aromatic nitrogens is 1. The van der Waals surface area contributed by atoms with Crippen LogP contribution in [0.2, 0.25) is 0 Å². The van der Waals surface area contributed by atoms with Gasteiger partial charge < -0.3 is 10.6 Å². The first-order chi connectivity index (χ1) is 15.5. The van der Waals surface area contributed by atoms with E-state index >= 15 is 0 Å². The second-order valence-corrected chi connectivity index (χ2v) is 8.43. The summed E-state index contributed by atoms with van der Waals surface area (Å²) in [5.74, 6) is -0.593. The van der Waals surface area contributed by atoms with Gasteiger partial charge in [0.05, 0.1) is 12.2 Å². The van der Waals surface area contributed by atoms with Crippen LogP contribution in [-0.2, 0) is 4.79 Å². The van der Waals surface area contributed by atoms with Gasteiger partial charge in [-0.2, -0.15) is 0 Å². The fourth-order valence-corrected chi connectivity index (χ4v) is 4.42. The van der Waals surface area contributed by atoms with Crippen LogP contribution in [0.25, 0.3) is 21.8 Å². The molecular formula is C26H23N3O2S. The molecule has 0 aliphatic carbocycles. The Hall–Kier alpha value is -3.77. The van der Waals surface area contributed by atoms with Crippen molar-refractivity contribution in [2.75, 3.05) is 11.9 Å². The first-order valence-corrected chi connectivity index (χ1v) is 11.1. The predicted octanol–water partition coefficient (Wildman–Crippen LogP) is 5.46. The molecule has 5 nitrogen and oxygen atoms in total. The van der Waals surface area contributed by atoms with Crippen molar-refractivity contribution >= 4 is 28.8 Å². The lowest BCUT2D eigenvalue weighted by Gasteiger charge is -2.12. The summed E-state index contributed by atoms with van der Waals surface area (Å²) in [6, 6.07) is 25.2. The standard InChI is InChI=1S/C26H23N3O2S/c1-17-10-9-11-18(2)22(17)28-21(30)16-27-25(31)24-23(19-12-5-3-6-13-19)29-26(32-24)20-14-7-4-8-15-20/h3-15H,16H2,1-2H3,(H,27,31)(H,28,30). The molecule has 0 fully saturated rings. The highest BCUT2D eigenvalue weighted by atomic mass is 32.1. The van der Waals surface area contributed by atoms with Crippen LogP contribution < -0.4 is 10.6 Å². The van der Waals surface area contributed by atoms with Crippen molar-refractivity contribution in [3.8, 4) is 21.8 Å². The second-order valence-electron chi connectivity index (χ2n) is 7.43. The van der Waals surface area contributed by atoms with E-state index in [4.69, 9.17) is 4.98 Å². The highest BCUT2D eigenvalue weighted by Gasteiger charge is 2.21. The molecule has 0 aliphatic rings. The van der Waals surface area contributed by atoms with Gasteiger partial charge >= 0.3 is 0 Å². The molecule has 0 aliphatic heterocycles. The molecule has 2 N–H and O–H groups in total. The first-order valence-electron chi connectivity index (χ1n) is 10.3. The minimum atomic E-state index is -0.319. The zero-order valence-corrected chi connectivity index (χ0v) is 18.7. The Labute approximate surface area is 191 Å². The molecule has 1 aromatic heterocycles. The number of hydrogen-bond donors (Lipinski definition) is 2. The lowest BCUT2D eigenvalue weighted by atomic mass is 10.1. The van der Waals surface area contributed by atoms with Crippen molar-refractivity contribution in [3.05, 3.63) is 94.9 Å². The van der Waals surface area contributed by atoms with Crippen LogP contribution in [0.3, 0.4) is 0 Å². The molecule has 32 heavy (non-hydrogen) atoms. The summed E-state index contributed by atoms with van der Waals surface area (Å²) in [5.41, 5.74) is 5.15. The number of carbonyl (C=O) groups is 2. The third-order valence-corrected chi connectivity index (χ3v) is 6.16. The molecule has 0 bridgehead atoms. The molecule has 2 amide bonds. The van der Waals surface area contributed by atoms with E-state index in [9.17, 15) is 9.59 Å². The summed E-state index contributed by atoms with van der Waals surface area (Å²) < 4.78 is 0. The molecule has 0 atom stereocenters. The monoisotopic (exact) mass is 441 g/mol. The van der Waals surface area contributed by atoms with Gasteiger partial charge in [0.25, 0.3) is 5.91 Å². The summed E-state index contributed by atoms with van der Waals surface area (Å²) in [4.78, 5) is 30.8. The van der Waals surface area contributed by atoms with Crippen molar-refractivity contribution in [1.82, 2.24) is 10.3 Å². The molecule has 3 aromatic carbocycles. The lowest BCUT2D eigenvalue weighted by Crippen LogP contribution is -2.33. The van der Waals surface area contributed by atoms with Gasteiger partial charge in [-0.05, 0) is 25.0 Å². The van der Waals surface area contributed by atoms with Gasteiger partial charge in [-0.25, -0.2) is 4.98 Å². The maximum atomic E-state index is 13.1. The average molecular weight is 442 g/mol. The van der Waals surface area contributed by atoms with Crippen molar-refractivity contribution in [2.24, 2.45) is 0 Å². The maximum Gasteiger partial charge on any atom is 0.264 e. The zero-order valence-electron chi connectivity index (χ0n) is 17.9.